The summed E-state index contributed by atoms with van der Waals surface area (Å²) in [6.45, 7) is 6.33. The van der Waals surface area contributed by atoms with Gasteiger partial charge in [0.1, 0.15) is 5.69 Å². The van der Waals surface area contributed by atoms with E-state index < -0.39 is 0 Å². The second-order valence-electron chi connectivity index (χ2n) is 9.03. The Hall–Kier alpha value is -3.59. The first kappa shape index (κ1) is 22.2. The van der Waals surface area contributed by atoms with Crippen molar-refractivity contribution in [2.24, 2.45) is 7.05 Å². The van der Waals surface area contributed by atoms with Gasteiger partial charge in [-0.15, -0.1) is 0 Å². The molecule has 2 saturated heterocycles. The highest BCUT2D eigenvalue weighted by atomic mass is 16.2. The second kappa shape index (κ2) is 9.34. The van der Waals surface area contributed by atoms with Crippen molar-refractivity contribution in [3.63, 3.8) is 0 Å². The van der Waals surface area contributed by atoms with Crippen molar-refractivity contribution in [1.82, 2.24) is 30.0 Å². The molecule has 9 nitrogen and oxygen atoms in total. The van der Waals surface area contributed by atoms with Crippen LogP contribution in [0.4, 0.5) is 10.5 Å². The molecule has 3 aromatic rings. The molecule has 0 bridgehead atoms. The number of carbonyl (C=O) groups excluding carboxylic acids is 2. The molecule has 34 heavy (non-hydrogen) atoms. The maximum absolute atomic E-state index is 13.1. The van der Waals surface area contributed by atoms with Crippen molar-refractivity contribution in [2.75, 3.05) is 64.3 Å². The van der Waals surface area contributed by atoms with Crippen LogP contribution in [0.1, 0.15) is 10.5 Å². The van der Waals surface area contributed by atoms with Crippen LogP contribution in [0.2, 0.25) is 0 Å². The number of hydrogen-bond acceptors (Lipinski definition) is 5. The fourth-order valence-corrected chi connectivity index (χ4v) is 4.61. The van der Waals surface area contributed by atoms with Crippen LogP contribution < -0.4 is 15.5 Å². The molecule has 2 N–H and O–H groups in total. The monoisotopic (exact) mass is 461 g/mol. The quantitative estimate of drug-likeness (QED) is 0.584. The summed E-state index contributed by atoms with van der Waals surface area (Å²) in [6.07, 6.45) is 1.94. The lowest BCUT2D eigenvalue weighted by Gasteiger charge is -2.34. The van der Waals surface area contributed by atoms with E-state index >= 15 is 0 Å². The Morgan fingerprint density at radius 2 is 1.82 bits per heavy atom. The molecule has 0 atom stereocenters. The highest BCUT2D eigenvalue weighted by molar-refractivity contribution is 6.05. The maximum Gasteiger partial charge on any atom is 0.317 e. The molecule has 2 aromatic heterocycles. The van der Waals surface area contributed by atoms with Crippen molar-refractivity contribution >= 4 is 28.5 Å². The number of nitrogens with one attached hydrogen (secondary N) is 2. The Labute approximate surface area is 199 Å². The van der Waals surface area contributed by atoms with Crippen molar-refractivity contribution in [3.05, 3.63) is 48.3 Å². The number of hydrogen-bond donors (Lipinski definition) is 2. The predicted molar refractivity (Wildman–Crippen MR) is 133 cm³/mol. The summed E-state index contributed by atoms with van der Waals surface area (Å²) < 4.78 is 2.00. The standard InChI is InChI=1S/C25H31N7O2/c1-29-13-15-31(16-14-29)19-5-3-18(4-6-19)21-17-22-20(7-10-30(22)2)23(28-21)24(33)26-8-11-32-12-9-27-25(32)34/h3-7,10,17H,8-9,11-16H2,1-2H3,(H,26,33)(H,27,34). The van der Waals surface area contributed by atoms with E-state index in [0.717, 1.165) is 48.3 Å². The molecule has 178 valence electrons. The largest absolute Gasteiger partial charge is 0.369 e. The van der Waals surface area contributed by atoms with Crippen LogP contribution in [0.5, 0.6) is 0 Å². The number of urea groups is 1. The molecule has 2 aliphatic rings. The molecule has 9 heteroatoms. The Balaban J connectivity index is 1.36. The molecule has 0 saturated carbocycles. The number of aromatic nitrogens is 2. The van der Waals surface area contributed by atoms with Crippen LogP contribution in [0.3, 0.4) is 0 Å². The minimum Gasteiger partial charge on any atom is -0.369 e. The highest BCUT2D eigenvalue weighted by Gasteiger charge is 2.21. The first-order valence-electron chi connectivity index (χ1n) is 11.8. The number of likely N-dealkylation sites (N-methyl/N-ethyl adjacent to an activating group) is 1. The van der Waals surface area contributed by atoms with E-state index in [1.54, 1.807) is 4.90 Å². The summed E-state index contributed by atoms with van der Waals surface area (Å²) in [5, 5.41) is 6.53. The summed E-state index contributed by atoms with van der Waals surface area (Å²) in [7, 11) is 4.12. The van der Waals surface area contributed by atoms with E-state index in [9.17, 15) is 9.59 Å². The van der Waals surface area contributed by atoms with Crippen LogP contribution >= 0.6 is 0 Å². The lowest BCUT2D eigenvalue weighted by molar-refractivity contribution is 0.0947. The Morgan fingerprint density at radius 3 is 2.53 bits per heavy atom. The molecule has 2 fully saturated rings. The second-order valence-corrected chi connectivity index (χ2v) is 9.03. The van der Waals surface area contributed by atoms with Gasteiger partial charge in [-0.2, -0.15) is 0 Å². The number of piperazine rings is 1. The average molecular weight is 462 g/mol. The topological polar surface area (TPSA) is 85.7 Å². The smallest absolute Gasteiger partial charge is 0.317 e. The lowest BCUT2D eigenvalue weighted by Crippen LogP contribution is -2.44. The highest BCUT2D eigenvalue weighted by Crippen LogP contribution is 2.27. The SMILES string of the molecule is CN1CCN(c2ccc(-c3cc4c(ccn4C)c(C(=O)NCCN4CCNC4=O)n3)cc2)CC1. The van der Waals surface area contributed by atoms with Gasteiger partial charge in [0.25, 0.3) is 5.91 Å². The van der Waals surface area contributed by atoms with Gasteiger partial charge in [0, 0.05) is 82.2 Å². The van der Waals surface area contributed by atoms with E-state index in [4.69, 9.17) is 4.98 Å². The molecule has 1 aromatic carbocycles. The van der Waals surface area contributed by atoms with Gasteiger partial charge >= 0.3 is 6.03 Å². The number of rotatable bonds is 6. The molecule has 2 aliphatic heterocycles. The summed E-state index contributed by atoms with van der Waals surface area (Å²) >= 11 is 0. The number of nitrogens with zero attached hydrogens (tertiary/aromatic N) is 5. The van der Waals surface area contributed by atoms with Gasteiger partial charge in [-0.3, -0.25) is 4.79 Å². The summed E-state index contributed by atoms with van der Waals surface area (Å²) in [5.74, 6) is -0.230. The molecule has 3 amide bonds. The van der Waals surface area contributed by atoms with Crippen molar-refractivity contribution < 1.29 is 9.59 Å². The zero-order valence-corrected chi connectivity index (χ0v) is 19.8. The molecular weight excluding hydrogens is 430 g/mol. The molecule has 0 radical (unpaired) electrons. The van der Waals surface area contributed by atoms with Crippen molar-refractivity contribution in [3.8, 4) is 11.3 Å². The van der Waals surface area contributed by atoms with Crippen LogP contribution in [-0.4, -0.2) is 90.7 Å². The number of carbonyl (C=O) groups is 2. The fourth-order valence-electron chi connectivity index (χ4n) is 4.61. The zero-order valence-electron chi connectivity index (χ0n) is 19.8. The van der Waals surface area contributed by atoms with Crippen LogP contribution in [-0.2, 0) is 7.05 Å². The van der Waals surface area contributed by atoms with E-state index in [1.807, 2.05) is 29.9 Å². The van der Waals surface area contributed by atoms with E-state index in [2.05, 4.69) is 51.7 Å². The van der Waals surface area contributed by atoms with Crippen molar-refractivity contribution in [1.29, 1.82) is 0 Å². The number of aryl methyl sites for hydroxylation is 1. The number of pyridine rings is 1. The van der Waals surface area contributed by atoms with Crippen LogP contribution in [0, 0.1) is 0 Å². The number of benzene rings is 1. The molecule has 0 spiro atoms. The van der Waals surface area contributed by atoms with E-state index in [-0.39, 0.29) is 11.9 Å². The lowest BCUT2D eigenvalue weighted by atomic mass is 10.1. The summed E-state index contributed by atoms with van der Waals surface area (Å²) in [6, 6.07) is 12.3. The van der Waals surface area contributed by atoms with Crippen molar-refractivity contribution in [2.45, 2.75) is 0 Å². The molecular formula is C25H31N7O2. The van der Waals surface area contributed by atoms with Gasteiger partial charge in [0.2, 0.25) is 0 Å². The molecule has 4 heterocycles. The number of amides is 3. The van der Waals surface area contributed by atoms with Gasteiger partial charge in [-0.05, 0) is 31.3 Å². The van der Waals surface area contributed by atoms with E-state index in [1.165, 1.54) is 5.69 Å². The molecule has 0 aliphatic carbocycles. The predicted octanol–water partition coefficient (Wildman–Crippen LogP) is 1.75. The van der Waals surface area contributed by atoms with E-state index in [0.29, 0.717) is 31.9 Å². The maximum atomic E-state index is 13.1. The third kappa shape index (κ3) is 4.43. The number of fused-ring (bicyclic) bond motifs is 1. The summed E-state index contributed by atoms with van der Waals surface area (Å²) in [4.78, 5) is 36.0. The van der Waals surface area contributed by atoms with Gasteiger partial charge in [0.15, 0.2) is 0 Å². The minimum absolute atomic E-state index is 0.0835. The normalized spacial score (nSPS) is 16.8. The van der Waals surface area contributed by atoms with Gasteiger partial charge in [-0.25, -0.2) is 9.78 Å². The van der Waals surface area contributed by atoms with Gasteiger partial charge < -0.3 is 29.9 Å². The Bertz CT molecular complexity index is 1200. The molecule has 0 unspecified atom stereocenters. The average Bonchev–Trinajstić information content (AvgIpc) is 3.44. The third-order valence-corrected chi connectivity index (χ3v) is 6.74. The Morgan fingerprint density at radius 1 is 1.06 bits per heavy atom. The van der Waals surface area contributed by atoms with Crippen LogP contribution in [0.25, 0.3) is 22.2 Å². The number of anilines is 1. The molecule has 5 rings (SSSR count). The minimum atomic E-state index is -0.230. The first-order chi connectivity index (χ1) is 16.5. The van der Waals surface area contributed by atoms with Gasteiger partial charge in [-0.1, -0.05) is 12.1 Å². The summed E-state index contributed by atoms with van der Waals surface area (Å²) in [5.41, 5.74) is 4.31. The van der Waals surface area contributed by atoms with Crippen LogP contribution in [0.15, 0.2) is 42.6 Å². The van der Waals surface area contributed by atoms with Gasteiger partial charge in [0.05, 0.1) is 11.2 Å². The first-order valence-corrected chi connectivity index (χ1v) is 11.8. The Kier molecular flexibility index (Phi) is 6.10. The zero-order chi connectivity index (χ0) is 23.7. The fraction of sp³-hybridized carbons (Fsp3) is 0.400. The third-order valence-electron chi connectivity index (χ3n) is 6.74.